The molecule has 7 nitrogen and oxygen atoms in total. The average Bonchev–Trinajstić information content (AvgIpc) is 3.19. The highest BCUT2D eigenvalue weighted by molar-refractivity contribution is 5.71. The zero-order chi connectivity index (χ0) is 20.1. The molecule has 0 fully saturated rings. The van der Waals surface area contributed by atoms with Gasteiger partial charge in [0.2, 0.25) is 0 Å². The van der Waals surface area contributed by atoms with Crippen LogP contribution in [0.15, 0.2) is 30.3 Å². The lowest BCUT2D eigenvalue weighted by Crippen LogP contribution is -2.42. The van der Waals surface area contributed by atoms with Crippen LogP contribution in [0.4, 0.5) is 0 Å². The molecule has 0 saturated carbocycles. The fourth-order valence-electron chi connectivity index (χ4n) is 3.89. The summed E-state index contributed by atoms with van der Waals surface area (Å²) in [5.41, 5.74) is 3.74. The molecule has 2 atom stereocenters. The van der Waals surface area contributed by atoms with Gasteiger partial charge in [0.1, 0.15) is 0 Å². The number of aromatic amines is 1. The lowest BCUT2D eigenvalue weighted by atomic mass is 9.83. The summed E-state index contributed by atoms with van der Waals surface area (Å²) >= 11 is 0. The van der Waals surface area contributed by atoms with Crippen molar-refractivity contribution in [3.63, 3.8) is 0 Å². The molecule has 0 amide bonds. The SMILES string of the molecule is CCCC(C(=O)O)[C@H](Cc1ccc(C2=CC[N+](C)(C)CC2)cc1)c1nn[nH]n1. The highest BCUT2D eigenvalue weighted by Crippen LogP contribution is 2.31. The Balaban J connectivity index is 1.78. The first-order chi connectivity index (χ1) is 13.4. The van der Waals surface area contributed by atoms with E-state index in [2.05, 4.69) is 65.1 Å². The Morgan fingerprint density at radius 3 is 2.57 bits per heavy atom. The Bertz CT molecular complexity index is 812. The highest BCUT2D eigenvalue weighted by Gasteiger charge is 2.32. The second kappa shape index (κ2) is 8.65. The second-order valence-electron chi connectivity index (χ2n) is 8.33. The molecule has 1 aromatic carbocycles. The van der Waals surface area contributed by atoms with Crippen molar-refractivity contribution in [2.75, 3.05) is 27.2 Å². The van der Waals surface area contributed by atoms with E-state index in [-0.39, 0.29) is 5.92 Å². The van der Waals surface area contributed by atoms with Crippen LogP contribution >= 0.6 is 0 Å². The maximum absolute atomic E-state index is 11.8. The normalized spacial score (nSPS) is 18.3. The molecule has 1 aliphatic rings. The summed E-state index contributed by atoms with van der Waals surface area (Å²) in [7, 11) is 4.51. The Hall–Kier alpha value is -2.54. The van der Waals surface area contributed by atoms with Gasteiger partial charge in [0, 0.05) is 12.3 Å². The van der Waals surface area contributed by atoms with Crippen LogP contribution in [0.5, 0.6) is 0 Å². The molecule has 0 radical (unpaired) electrons. The number of rotatable bonds is 8. The first-order valence-corrected chi connectivity index (χ1v) is 9.96. The molecular weight excluding hydrogens is 354 g/mol. The summed E-state index contributed by atoms with van der Waals surface area (Å²) < 4.78 is 1.03. The molecule has 1 aromatic heterocycles. The number of quaternary nitrogens is 1. The molecule has 28 heavy (non-hydrogen) atoms. The number of likely N-dealkylation sites (N-methyl/N-ethyl adjacent to an activating group) is 1. The summed E-state index contributed by atoms with van der Waals surface area (Å²) in [5, 5.41) is 24.0. The van der Waals surface area contributed by atoms with E-state index in [0.717, 1.165) is 36.0 Å². The number of benzene rings is 1. The minimum Gasteiger partial charge on any atom is -0.481 e. The highest BCUT2D eigenvalue weighted by atomic mass is 16.4. The molecule has 0 bridgehead atoms. The van der Waals surface area contributed by atoms with Gasteiger partial charge in [-0.25, -0.2) is 0 Å². The number of carboxylic acid groups (broad SMARTS) is 1. The van der Waals surface area contributed by atoms with Crippen molar-refractivity contribution in [2.24, 2.45) is 5.92 Å². The lowest BCUT2D eigenvalue weighted by molar-refractivity contribution is -0.885. The van der Waals surface area contributed by atoms with Gasteiger partial charge in [-0.2, -0.15) is 5.21 Å². The Labute approximate surface area is 166 Å². The van der Waals surface area contributed by atoms with Crippen molar-refractivity contribution >= 4 is 11.5 Å². The van der Waals surface area contributed by atoms with E-state index >= 15 is 0 Å². The molecule has 0 aliphatic carbocycles. The van der Waals surface area contributed by atoms with Gasteiger partial charge >= 0.3 is 5.97 Å². The molecule has 0 spiro atoms. The predicted octanol–water partition coefficient (Wildman–Crippen LogP) is 2.89. The molecule has 1 aliphatic heterocycles. The largest absolute Gasteiger partial charge is 0.481 e. The number of hydrogen-bond acceptors (Lipinski definition) is 4. The summed E-state index contributed by atoms with van der Waals surface area (Å²) in [4.78, 5) is 11.8. The summed E-state index contributed by atoms with van der Waals surface area (Å²) in [6, 6.07) is 8.50. The van der Waals surface area contributed by atoms with Crippen molar-refractivity contribution < 1.29 is 14.4 Å². The number of carbonyl (C=O) groups is 1. The number of tetrazole rings is 1. The molecular formula is C21H30N5O2+. The molecule has 150 valence electrons. The van der Waals surface area contributed by atoms with Crippen LogP contribution in [0, 0.1) is 5.92 Å². The van der Waals surface area contributed by atoms with Crippen molar-refractivity contribution in [1.29, 1.82) is 0 Å². The molecule has 1 unspecified atom stereocenters. The first kappa shape index (κ1) is 20.2. The summed E-state index contributed by atoms with van der Waals surface area (Å²) in [5.74, 6) is -1.15. The summed E-state index contributed by atoms with van der Waals surface area (Å²) in [6.07, 6.45) is 5.39. The molecule has 0 saturated heterocycles. The average molecular weight is 385 g/mol. The third kappa shape index (κ3) is 4.84. The van der Waals surface area contributed by atoms with Gasteiger partial charge in [0.25, 0.3) is 0 Å². The number of aromatic nitrogens is 4. The molecule has 2 heterocycles. The topological polar surface area (TPSA) is 91.8 Å². The monoisotopic (exact) mass is 384 g/mol. The van der Waals surface area contributed by atoms with Crippen LogP contribution < -0.4 is 0 Å². The van der Waals surface area contributed by atoms with E-state index in [1.165, 1.54) is 11.1 Å². The van der Waals surface area contributed by atoms with Gasteiger partial charge in [-0.1, -0.05) is 42.8 Å². The molecule has 3 rings (SSSR count). The molecule has 2 N–H and O–H groups in total. The van der Waals surface area contributed by atoms with Gasteiger partial charge in [-0.05, 0) is 35.6 Å². The number of hydrogen-bond donors (Lipinski definition) is 2. The van der Waals surface area contributed by atoms with Gasteiger partial charge in [0.15, 0.2) is 5.82 Å². The maximum atomic E-state index is 11.8. The van der Waals surface area contributed by atoms with E-state index in [4.69, 9.17) is 0 Å². The van der Waals surface area contributed by atoms with E-state index < -0.39 is 11.9 Å². The number of nitrogens with one attached hydrogen (secondary N) is 1. The predicted molar refractivity (Wildman–Crippen MR) is 108 cm³/mol. The number of aliphatic carboxylic acids is 1. The maximum Gasteiger partial charge on any atom is 0.307 e. The quantitative estimate of drug-likeness (QED) is 0.683. The first-order valence-electron chi connectivity index (χ1n) is 9.96. The van der Waals surface area contributed by atoms with Crippen LogP contribution in [0.3, 0.4) is 0 Å². The van der Waals surface area contributed by atoms with E-state index in [1.54, 1.807) is 0 Å². The van der Waals surface area contributed by atoms with E-state index in [0.29, 0.717) is 18.7 Å². The van der Waals surface area contributed by atoms with Gasteiger partial charge < -0.3 is 9.59 Å². The number of carboxylic acids is 1. The number of H-pyrrole nitrogens is 1. The van der Waals surface area contributed by atoms with Crippen LogP contribution in [-0.4, -0.2) is 63.4 Å². The number of nitrogens with zero attached hydrogens (tertiary/aromatic N) is 4. The van der Waals surface area contributed by atoms with Crippen molar-refractivity contribution in [2.45, 2.75) is 38.5 Å². The zero-order valence-electron chi connectivity index (χ0n) is 16.9. The van der Waals surface area contributed by atoms with Gasteiger partial charge in [-0.15, -0.1) is 10.2 Å². The fraction of sp³-hybridized carbons (Fsp3) is 0.524. The van der Waals surface area contributed by atoms with Crippen molar-refractivity contribution in [1.82, 2.24) is 20.6 Å². The van der Waals surface area contributed by atoms with E-state index in [1.807, 2.05) is 6.92 Å². The Morgan fingerprint density at radius 1 is 1.29 bits per heavy atom. The van der Waals surface area contributed by atoms with Crippen LogP contribution in [-0.2, 0) is 11.2 Å². The minimum atomic E-state index is -0.804. The molecule has 2 aromatic rings. The zero-order valence-corrected chi connectivity index (χ0v) is 16.9. The van der Waals surface area contributed by atoms with Crippen molar-refractivity contribution in [3.8, 4) is 0 Å². The van der Waals surface area contributed by atoms with Crippen molar-refractivity contribution in [3.05, 3.63) is 47.3 Å². The minimum absolute atomic E-state index is 0.297. The Kier molecular flexibility index (Phi) is 6.24. The third-order valence-electron chi connectivity index (χ3n) is 5.69. The third-order valence-corrected chi connectivity index (χ3v) is 5.69. The summed E-state index contributed by atoms with van der Waals surface area (Å²) in [6.45, 7) is 4.19. The van der Waals surface area contributed by atoms with Crippen LogP contribution in [0.25, 0.3) is 5.57 Å². The van der Waals surface area contributed by atoms with Gasteiger partial charge in [0.05, 0.1) is 33.1 Å². The van der Waals surface area contributed by atoms with Crippen LogP contribution in [0.1, 0.15) is 49.1 Å². The van der Waals surface area contributed by atoms with E-state index in [9.17, 15) is 9.90 Å². The standard InChI is InChI=1S/C21H29N5O2/c1-4-5-18(21(27)28)19(20-22-24-25-23-20)14-15-6-8-16(9-7-15)17-10-12-26(2,3)13-11-17/h6-10,18-19H,4-5,11-14H2,1-3H3,(H-,22,23,24,25,27,28)/p+1/t18?,19-/m0/s1. The lowest BCUT2D eigenvalue weighted by Gasteiger charge is -2.32. The Morgan fingerprint density at radius 2 is 2.04 bits per heavy atom. The van der Waals surface area contributed by atoms with Gasteiger partial charge in [-0.3, -0.25) is 4.79 Å². The van der Waals surface area contributed by atoms with Crippen LogP contribution in [0.2, 0.25) is 0 Å². The second-order valence-corrected chi connectivity index (χ2v) is 8.33. The fourth-order valence-corrected chi connectivity index (χ4v) is 3.89. The smallest absolute Gasteiger partial charge is 0.307 e. The molecule has 7 heteroatoms.